The highest BCUT2D eigenvalue weighted by Crippen LogP contribution is 2.29. The number of ether oxygens (including phenoxy) is 1. The minimum atomic E-state index is -0.969. The molecule has 4 heteroatoms. The van der Waals surface area contributed by atoms with Gasteiger partial charge in [-0.25, -0.2) is 4.79 Å². The summed E-state index contributed by atoms with van der Waals surface area (Å²) < 4.78 is 5.85. The number of rotatable bonds is 4. The van der Waals surface area contributed by atoms with Crippen LogP contribution in [-0.4, -0.2) is 22.2 Å². The number of hydrogen-bond acceptors (Lipinski definition) is 3. The third-order valence-corrected chi connectivity index (χ3v) is 3.57. The second kappa shape index (κ2) is 5.85. The predicted octanol–water partition coefficient (Wildman–Crippen LogP) is 3.13. The average molecular weight is 249 g/mol. The van der Waals surface area contributed by atoms with E-state index in [-0.39, 0.29) is 11.7 Å². The van der Waals surface area contributed by atoms with Gasteiger partial charge in [-0.2, -0.15) is 0 Å². The summed E-state index contributed by atoms with van der Waals surface area (Å²) in [6, 6.07) is 1.55. The molecule has 0 bridgehead atoms. The molecule has 1 aliphatic carbocycles. The SMILES string of the molecule is CCC1CCCC(Oc2cncc(C(=O)O)c2)C1. The number of aromatic carboxylic acids is 1. The van der Waals surface area contributed by atoms with Crippen LogP contribution in [0.4, 0.5) is 0 Å². The van der Waals surface area contributed by atoms with E-state index in [4.69, 9.17) is 9.84 Å². The van der Waals surface area contributed by atoms with Crippen molar-refractivity contribution >= 4 is 5.97 Å². The minimum Gasteiger partial charge on any atom is -0.489 e. The first-order valence-electron chi connectivity index (χ1n) is 6.54. The lowest BCUT2D eigenvalue weighted by Crippen LogP contribution is -2.25. The summed E-state index contributed by atoms with van der Waals surface area (Å²) in [5.41, 5.74) is 0.176. The number of carboxylic acids is 1. The van der Waals surface area contributed by atoms with Crippen molar-refractivity contribution in [2.75, 3.05) is 0 Å². The van der Waals surface area contributed by atoms with E-state index in [1.807, 2.05) is 0 Å². The van der Waals surface area contributed by atoms with E-state index in [0.29, 0.717) is 5.75 Å². The van der Waals surface area contributed by atoms with Crippen molar-refractivity contribution in [1.29, 1.82) is 0 Å². The van der Waals surface area contributed by atoms with Gasteiger partial charge in [0.15, 0.2) is 0 Å². The lowest BCUT2D eigenvalue weighted by Gasteiger charge is -2.28. The molecule has 0 radical (unpaired) electrons. The van der Waals surface area contributed by atoms with Crippen LogP contribution in [0.2, 0.25) is 0 Å². The molecule has 1 saturated carbocycles. The Balaban J connectivity index is 2.00. The second-order valence-corrected chi connectivity index (χ2v) is 4.90. The lowest BCUT2D eigenvalue weighted by molar-refractivity contribution is 0.0694. The van der Waals surface area contributed by atoms with Crippen molar-refractivity contribution < 1.29 is 14.6 Å². The molecule has 0 aromatic carbocycles. The third-order valence-electron chi connectivity index (χ3n) is 3.57. The first-order valence-corrected chi connectivity index (χ1v) is 6.54. The van der Waals surface area contributed by atoms with E-state index in [9.17, 15) is 4.79 Å². The maximum absolute atomic E-state index is 10.8. The van der Waals surface area contributed by atoms with Gasteiger partial charge in [-0.3, -0.25) is 4.98 Å². The molecule has 1 fully saturated rings. The normalized spacial score (nSPS) is 23.6. The summed E-state index contributed by atoms with van der Waals surface area (Å²) >= 11 is 0. The van der Waals surface area contributed by atoms with Crippen LogP contribution in [0, 0.1) is 5.92 Å². The Morgan fingerprint density at radius 1 is 1.50 bits per heavy atom. The molecular weight excluding hydrogens is 230 g/mol. The van der Waals surface area contributed by atoms with Gasteiger partial charge < -0.3 is 9.84 Å². The minimum absolute atomic E-state index is 0.176. The topological polar surface area (TPSA) is 59.4 Å². The Labute approximate surface area is 107 Å². The van der Waals surface area contributed by atoms with Crippen molar-refractivity contribution in [2.24, 2.45) is 5.92 Å². The van der Waals surface area contributed by atoms with E-state index in [1.54, 1.807) is 12.3 Å². The summed E-state index contributed by atoms with van der Waals surface area (Å²) in [7, 11) is 0. The molecule has 0 saturated heterocycles. The maximum atomic E-state index is 10.8. The van der Waals surface area contributed by atoms with Gasteiger partial charge in [-0.1, -0.05) is 19.8 Å². The van der Waals surface area contributed by atoms with Crippen LogP contribution in [0.5, 0.6) is 5.75 Å². The quantitative estimate of drug-likeness (QED) is 0.890. The summed E-state index contributed by atoms with van der Waals surface area (Å²) in [6.07, 6.45) is 8.90. The zero-order valence-corrected chi connectivity index (χ0v) is 10.6. The third kappa shape index (κ3) is 3.22. The van der Waals surface area contributed by atoms with E-state index in [1.165, 1.54) is 25.5 Å². The van der Waals surface area contributed by atoms with Crippen LogP contribution >= 0.6 is 0 Å². The molecule has 2 unspecified atom stereocenters. The van der Waals surface area contributed by atoms with Crippen molar-refractivity contribution in [1.82, 2.24) is 4.98 Å². The highest BCUT2D eigenvalue weighted by atomic mass is 16.5. The van der Waals surface area contributed by atoms with Crippen LogP contribution < -0.4 is 4.74 Å². The van der Waals surface area contributed by atoms with Gasteiger partial charge in [0.1, 0.15) is 5.75 Å². The Morgan fingerprint density at radius 3 is 3.06 bits per heavy atom. The highest BCUT2D eigenvalue weighted by Gasteiger charge is 2.22. The van der Waals surface area contributed by atoms with Crippen LogP contribution in [0.25, 0.3) is 0 Å². The summed E-state index contributed by atoms with van der Waals surface area (Å²) in [4.78, 5) is 14.8. The molecule has 1 aromatic rings. The molecule has 98 valence electrons. The molecule has 1 aliphatic rings. The Morgan fingerprint density at radius 2 is 2.33 bits per heavy atom. The van der Waals surface area contributed by atoms with Gasteiger partial charge in [-0.15, -0.1) is 0 Å². The van der Waals surface area contributed by atoms with E-state index >= 15 is 0 Å². The number of carbonyl (C=O) groups is 1. The highest BCUT2D eigenvalue weighted by molar-refractivity contribution is 5.87. The van der Waals surface area contributed by atoms with Crippen LogP contribution in [-0.2, 0) is 0 Å². The van der Waals surface area contributed by atoms with E-state index < -0.39 is 5.97 Å². The fraction of sp³-hybridized carbons (Fsp3) is 0.571. The summed E-state index contributed by atoms with van der Waals surface area (Å²) in [5, 5.41) is 8.90. The van der Waals surface area contributed by atoms with E-state index in [2.05, 4.69) is 11.9 Å². The van der Waals surface area contributed by atoms with Crippen molar-refractivity contribution in [3.63, 3.8) is 0 Å². The van der Waals surface area contributed by atoms with Gasteiger partial charge in [-0.05, 0) is 31.2 Å². The van der Waals surface area contributed by atoms with Crippen LogP contribution in [0.15, 0.2) is 18.5 Å². The molecule has 0 aliphatic heterocycles. The second-order valence-electron chi connectivity index (χ2n) is 4.90. The number of carboxylic acid groups (broad SMARTS) is 1. The first kappa shape index (κ1) is 12.9. The van der Waals surface area contributed by atoms with Crippen molar-refractivity contribution in [2.45, 2.75) is 45.1 Å². The largest absolute Gasteiger partial charge is 0.489 e. The van der Waals surface area contributed by atoms with Crippen LogP contribution in [0.3, 0.4) is 0 Å². The molecule has 1 N–H and O–H groups in total. The summed E-state index contributed by atoms with van der Waals surface area (Å²) in [6.45, 7) is 2.21. The zero-order chi connectivity index (χ0) is 13.0. The number of aromatic nitrogens is 1. The smallest absolute Gasteiger partial charge is 0.337 e. The standard InChI is InChI=1S/C14H19NO3/c1-2-10-4-3-5-12(6-10)18-13-7-11(14(16)17)8-15-9-13/h7-10,12H,2-6H2,1H3,(H,16,17). The maximum Gasteiger partial charge on any atom is 0.337 e. The molecule has 1 aromatic heterocycles. The zero-order valence-electron chi connectivity index (χ0n) is 10.6. The number of pyridine rings is 1. The Kier molecular flexibility index (Phi) is 4.18. The molecule has 1 heterocycles. The summed E-state index contributed by atoms with van der Waals surface area (Å²) in [5.74, 6) is 0.332. The van der Waals surface area contributed by atoms with Gasteiger partial charge in [0.25, 0.3) is 0 Å². The van der Waals surface area contributed by atoms with Gasteiger partial charge >= 0.3 is 5.97 Å². The van der Waals surface area contributed by atoms with Crippen molar-refractivity contribution in [3.8, 4) is 5.75 Å². The molecule has 18 heavy (non-hydrogen) atoms. The Bertz CT molecular complexity index is 419. The van der Waals surface area contributed by atoms with Crippen LogP contribution in [0.1, 0.15) is 49.4 Å². The molecule has 0 amide bonds. The van der Waals surface area contributed by atoms with E-state index in [0.717, 1.165) is 18.8 Å². The predicted molar refractivity (Wildman–Crippen MR) is 67.9 cm³/mol. The monoisotopic (exact) mass is 249 g/mol. The molecule has 0 spiro atoms. The molecule has 2 rings (SSSR count). The van der Waals surface area contributed by atoms with Gasteiger partial charge in [0.05, 0.1) is 17.9 Å². The van der Waals surface area contributed by atoms with Crippen molar-refractivity contribution in [3.05, 3.63) is 24.0 Å². The average Bonchev–Trinajstić information content (AvgIpc) is 2.39. The Hall–Kier alpha value is -1.58. The first-order chi connectivity index (χ1) is 8.69. The molecular formula is C14H19NO3. The van der Waals surface area contributed by atoms with Gasteiger partial charge in [0, 0.05) is 6.20 Å². The van der Waals surface area contributed by atoms with Gasteiger partial charge in [0.2, 0.25) is 0 Å². The lowest BCUT2D eigenvalue weighted by atomic mass is 9.85. The fourth-order valence-electron chi connectivity index (χ4n) is 2.51. The number of nitrogens with zero attached hydrogens (tertiary/aromatic N) is 1. The fourth-order valence-corrected chi connectivity index (χ4v) is 2.51. The number of hydrogen-bond donors (Lipinski definition) is 1. The molecule has 2 atom stereocenters. The molecule has 4 nitrogen and oxygen atoms in total.